The van der Waals surface area contributed by atoms with E-state index >= 15 is 0 Å². The van der Waals surface area contributed by atoms with Crippen molar-refractivity contribution in [3.05, 3.63) is 53.6 Å². The first-order valence-electron chi connectivity index (χ1n) is 9.18. The van der Waals surface area contributed by atoms with Crippen molar-refractivity contribution in [3.63, 3.8) is 0 Å². The second-order valence-electron chi connectivity index (χ2n) is 6.69. The number of anilines is 2. The Balaban J connectivity index is 1.45. The second kappa shape index (κ2) is 9.24. The molecule has 1 fully saturated rings. The lowest BCUT2D eigenvalue weighted by Gasteiger charge is -2.19. The topological polar surface area (TPSA) is 44.4 Å². The summed E-state index contributed by atoms with van der Waals surface area (Å²) in [4.78, 5) is 15.1. The molecule has 0 radical (unpaired) electrons. The summed E-state index contributed by atoms with van der Waals surface area (Å²) in [5.41, 5.74) is 4.29. The van der Waals surface area contributed by atoms with E-state index in [1.807, 2.05) is 41.8 Å². The molecule has 0 spiro atoms. The molecule has 0 aliphatic carbocycles. The summed E-state index contributed by atoms with van der Waals surface area (Å²) in [6, 6.07) is 14.6. The minimum absolute atomic E-state index is 0.210. The highest BCUT2D eigenvalue weighted by Crippen LogP contribution is 2.27. The van der Waals surface area contributed by atoms with E-state index in [0.717, 1.165) is 42.2 Å². The van der Waals surface area contributed by atoms with E-state index in [2.05, 4.69) is 41.8 Å². The Kier molecular flexibility index (Phi) is 6.74. The number of hydrogen-bond donors (Lipinski definition) is 2. The largest absolute Gasteiger partial charge is 0.362 e. The number of carbonyl (C=O) groups is 1. The first-order valence-corrected chi connectivity index (χ1v) is 10.6. The maximum Gasteiger partial charge on any atom is 0.227 e. The Hall–Kier alpha value is -2.05. The highest BCUT2D eigenvalue weighted by atomic mass is 32.2. The van der Waals surface area contributed by atoms with Crippen LogP contribution in [0.3, 0.4) is 0 Å². The molecule has 3 rings (SSSR count). The molecule has 0 saturated carbocycles. The number of hydrogen-bond acceptors (Lipinski definition) is 3. The fourth-order valence-corrected chi connectivity index (χ4v) is 4.07. The fourth-order valence-electron chi connectivity index (χ4n) is 3.08. The average molecular weight is 400 g/mol. The molecule has 0 bridgehead atoms. The SMILES string of the molecule is Cc1ccc(SCCNC(=S)Nc2ccc(N3CCCC3=O)c(C)c2)cc1. The van der Waals surface area contributed by atoms with Crippen LogP contribution in [0.25, 0.3) is 0 Å². The van der Waals surface area contributed by atoms with Gasteiger partial charge in [-0.2, -0.15) is 0 Å². The molecular weight excluding hydrogens is 374 g/mol. The van der Waals surface area contributed by atoms with Crippen LogP contribution in [0, 0.1) is 13.8 Å². The molecule has 2 aromatic carbocycles. The molecule has 1 heterocycles. The van der Waals surface area contributed by atoms with Gasteiger partial charge in [-0.3, -0.25) is 4.79 Å². The van der Waals surface area contributed by atoms with Crippen molar-refractivity contribution in [3.8, 4) is 0 Å². The van der Waals surface area contributed by atoms with E-state index in [0.29, 0.717) is 11.5 Å². The summed E-state index contributed by atoms with van der Waals surface area (Å²) in [7, 11) is 0. The van der Waals surface area contributed by atoms with E-state index < -0.39 is 0 Å². The number of thiocarbonyl (C=S) groups is 1. The Morgan fingerprint density at radius 1 is 1.19 bits per heavy atom. The highest BCUT2D eigenvalue weighted by molar-refractivity contribution is 7.99. The third kappa shape index (κ3) is 5.47. The van der Waals surface area contributed by atoms with Crippen molar-refractivity contribution >= 4 is 46.4 Å². The van der Waals surface area contributed by atoms with Crippen LogP contribution in [0.2, 0.25) is 0 Å². The van der Waals surface area contributed by atoms with Gasteiger partial charge in [0.25, 0.3) is 0 Å². The van der Waals surface area contributed by atoms with Gasteiger partial charge in [0.15, 0.2) is 5.11 Å². The van der Waals surface area contributed by atoms with Gasteiger partial charge in [-0.05, 0) is 68.4 Å². The average Bonchev–Trinajstić information content (AvgIpc) is 3.06. The zero-order chi connectivity index (χ0) is 19.2. The Morgan fingerprint density at radius 2 is 1.96 bits per heavy atom. The van der Waals surface area contributed by atoms with Crippen molar-refractivity contribution in [2.75, 3.05) is 29.1 Å². The number of benzene rings is 2. The number of rotatable bonds is 6. The molecule has 2 aromatic rings. The lowest BCUT2D eigenvalue weighted by Crippen LogP contribution is -2.30. The quantitative estimate of drug-likeness (QED) is 0.425. The molecule has 27 heavy (non-hydrogen) atoms. The lowest BCUT2D eigenvalue weighted by molar-refractivity contribution is -0.117. The molecule has 4 nitrogen and oxygen atoms in total. The number of carbonyl (C=O) groups excluding carboxylic acids is 1. The summed E-state index contributed by atoms with van der Waals surface area (Å²) in [5.74, 6) is 1.15. The predicted octanol–water partition coefficient (Wildman–Crippen LogP) is 4.51. The summed E-state index contributed by atoms with van der Waals surface area (Å²) in [5, 5.41) is 7.08. The van der Waals surface area contributed by atoms with Crippen LogP contribution in [-0.2, 0) is 4.79 Å². The van der Waals surface area contributed by atoms with E-state index in [1.165, 1.54) is 10.5 Å². The molecule has 1 aliphatic rings. The first kappa shape index (κ1) is 19.7. The lowest BCUT2D eigenvalue weighted by atomic mass is 10.1. The van der Waals surface area contributed by atoms with Gasteiger partial charge >= 0.3 is 0 Å². The number of nitrogens with one attached hydrogen (secondary N) is 2. The summed E-state index contributed by atoms with van der Waals surface area (Å²) in [6.45, 7) is 5.73. The minimum atomic E-state index is 0.210. The first-order chi connectivity index (χ1) is 13.0. The van der Waals surface area contributed by atoms with Crippen LogP contribution in [-0.4, -0.2) is 29.9 Å². The van der Waals surface area contributed by atoms with Gasteiger partial charge in [0.1, 0.15) is 0 Å². The molecule has 1 amide bonds. The van der Waals surface area contributed by atoms with Gasteiger partial charge < -0.3 is 15.5 Å². The summed E-state index contributed by atoms with van der Waals surface area (Å²) in [6.07, 6.45) is 1.58. The Bertz CT molecular complexity index is 821. The highest BCUT2D eigenvalue weighted by Gasteiger charge is 2.22. The number of aryl methyl sites for hydroxylation is 2. The van der Waals surface area contributed by atoms with Gasteiger partial charge in [0.05, 0.1) is 0 Å². The minimum Gasteiger partial charge on any atom is -0.362 e. The summed E-state index contributed by atoms with van der Waals surface area (Å²) < 4.78 is 0. The number of amides is 1. The maximum atomic E-state index is 11.9. The molecule has 1 saturated heterocycles. The zero-order valence-corrected chi connectivity index (χ0v) is 17.4. The molecule has 6 heteroatoms. The summed E-state index contributed by atoms with van der Waals surface area (Å²) >= 11 is 7.20. The van der Waals surface area contributed by atoms with Gasteiger partial charge in [-0.15, -0.1) is 11.8 Å². The molecular formula is C21H25N3OS2. The molecule has 2 N–H and O–H groups in total. The third-order valence-corrected chi connectivity index (χ3v) is 5.76. The fraction of sp³-hybridized carbons (Fsp3) is 0.333. The van der Waals surface area contributed by atoms with Crippen LogP contribution >= 0.6 is 24.0 Å². The molecule has 1 aliphatic heterocycles. The van der Waals surface area contributed by atoms with Gasteiger partial charge in [0.2, 0.25) is 5.91 Å². The monoisotopic (exact) mass is 399 g/mol. The van der Waals surface area contributed by atoms with E-state index in [4.69, 9.17) is 12.2 Å². The molecule has 0 unspecified atom stereocenters. The van der Waals surface area contributed by atoms with Crippen molar-refractivity contribution in [1.82, 2.24) is 5.32 Å². The molecule has 0 aromatic heterocycles. The van der Waals surface area contributed by atoms with Crippen molar-refractivity contribution < 1.29 is 4.79 Å². The standard InChI is InChI=1S/C21H25N3OS2/c1-15-5-8-18(9-6-15)27-13-11-22-21(26)23-17-7-10-19(16(2)14-17)24-12-3-4-20(24)25/h5-10,14H,3-4,11-13H2,1-2H3,(H2,22,23,26). The second-order valence-corrected chi connectivity index (χ2v) is 8.27. The van der Waals surface area contributed by atoms with Crippen molar-refractivity contribution in [2.45, 2.75) is 31.6 Å². The smallest absolute Gasteiger partial charge is 0.227 e. The van der Waals surface area contributed by atoms with E-state index in [9.17, 15) is 4.79 Å². The van der Waals surface area contributed by atoms with E-state index in [1.54, 1.807) is 0 Å². The van der Waals surface area contributed by atoms with Gasteiger partial charge in [-0.25, -0.2) is 0 Å². The number of thioether (sulfide) groups is 1. The zero-order valence-electron chi connectivity index (χ0n) is 15.7. The van der Waals surface area contributed by atoms with Gasteiger partial charge in [-0.1, -0.05) is 17.7 Å². The van der Waals surface area contributed by atoms with Crippen molar-refractivity contribution in [1.29, 1.82) is 0 Å². The molecule has 0 atom stereocenters. The van der Waals surface area contributed by atoms with Crippen LogP contribution in [0.1, 0.15) is 24.0 Å². The van der Waals surface area contributed by atoms with Crippen LogP contribution in [0.15, 0.2) is 47.4 Å². The van der Waals surface area contributed by atoms with Crippen LogP contribution in [0.4, 0.5) is 11.4 Å². The molecule has 142 valence electrons. The predicted molar refractivity (Wildman–Crippen MR) is 119 cm³/mol. The Labute approximate surface area is 170 Å². The van der Waals surface area contributed by atoms with Crippen molar-refractivity contribution in [2.24, 2.45) is 0 Å². The van der Waals surface area contributed by atoms with Crippen LogP contribution < -0.4 is 15.5 Å². The number of nitrogens with zero attached hydrogens (tertiary/aromatic N) is 1. The normalized spacial score (nSPS) is 13.7. The van der Waals surface area contributed by atoms with Gasteiger partial charge in [0, 0.05) is 41.5 Å². The van der Waals surface area contributed by atoms with E-state index in [-0.39, 0.29) is 5.91 Å². The third-order valence-electron chi connectivity index (χ3n) is 4.50. The van der Waals surface area contributed by atoms with Crippen LogP contribution in [0.5, 0.6) is 0 Å². The maximum absolute atomic E-state index is 11.9. The Morgan fingerprint density at radius 3 is 2.63 bits per heavy atom.